The van der Waals surface area contributed by atoms with Crippen molar-refractivity contribution in [3.63, 3.8) is 0 Å². The summed E-state index contributed by atoms with van der Waals surface area (Å²) >= 11 is 0. The van der Waals surface area contributed by atoms with Crippen molar-refractivity contribution in [2.75, 3.05) is 32.7 Å². The average Bonchev–Trinajstić information content (AvgIpc) is 2.86. The Labute approximate surface area is 85.8 Å². The quantitative estimate of drug-likeness (QED) is 0.668. The van der Waals surface area contributed by atoms with Gasteiger partial charge >= 0.3 is 0 Å². The molecule has 0 amide bonds. The number of likely N-dealkylation sites (N-methyl/N-ethyl adjacent to an activating group) is 1. The first-order valence-corrected chi connectivity index (χ1v) is 5.67. The van der Waals surface area contributed by atoms with Gasteiger partial charge in [0.25, 0.3) is 0 Å². The second-order valence-corrected chi connectivity index (χ2v) is 3.96. The van der Waals surface area contributed by atoms with Gasteiger partial charge < -0.3 is 15.5 Å². The summed E-state index contributed by atoms with van der Waals surface area (Å²) in [5.41, 5.74) is 0. The molecule has 0 bridgehead atoms. The lowest BCUT2D eigenvalue weighted by Gasteiger charge is -2.25. The van der Waals surface area contributed by atoms with Gasteiger partial charge in [-0.25, -0.2) is 0 Å². The van der Waals surface area contributed by atoms with Crippen molar-refractivity contribution in [3.8, 4) is 0 Å². The van der Waals surface area contributed by atoms with Crippen LogP contribution in [0, 0.1) is 0 Å². The minimum Gasteiger partial charge on any atom is -0.354 e. The predicted octanol–water partition coefficient (Wildman–Crippen LogP) is 0.0195. The van der Waals surface area contributed by atoms with Crippen LogP contribution in [0.25, 0.3) is 0 Å². The molecule has 4 nitrogen and oxygen atoms in total. The summed E-state index contributed by atoms with van der Waals surface area (Å²) in [5.74, 6) is 1.10. The first-order valence-electron chi connectivity index (χ1n) is 5.67. The number of nitrogens with one attached hydrogen (secondary N) is 2. The number of aliphatic imine (C=N–C) groups is 1. The molecule has 2 aliphatic heterocycles. The number of hydrogen-bond donors (Lipinski definition) is 2. The normalized spacial score (nSPS) is 26.1. The van der Waals surface area contributed by atoms with Crippen molar-refractivity contribution in [1.29, 1.82) is 0 Å². The molecule has 0 radical (unpaired) electrons. The minimum absolute atomic E-state index is 0.667. The van der Waals surface area contributed by atoms with Crippen molar-refractivity contribution in [3.05, 3.63) is 0 Å². The van der Waals surface area contributed by atoms with Crippen LogP contribution in [0.5, 0.6) is 0 Å². The summed E-state index contributed by atoms with van der Waals surface area (Å²) < 4.78 is 0. The fourth-order valence-corrected chi connectivity index (χ4v) is 2.14. The summed E-state index contributed by atoms with van der Waals surface area (Å²) in [6.45, 7) is 7.46. The summed E-state index contributed by atoms with van der Waals surface area (Å²) in [5, 5.41) is 6.85. The Balaban J connectivity index is 1.85. The molecule has 80 valence electrons. The van der Waals surface area contributed by atoms with E-state index in [1.807, 2.05) is 0 Å². The van der Waals surface area contributed by atoms with Crippen molar-refractivity contribution in [2.24, 2.45) is 4.99 Å². The highest BCUT2D eigenvalue weighted by atomic mass is 15.3. The zero-order valence-corrected chi connectivity index (χ0v) is 8.92. The fourth-order valence-electron chi connectivity index (χ4n) is 2.14. The van der Waals surface area contributed by atoms with Crippen molar-refractivity contribution in [1.82, 2.24) is 15.5 Å². The van der Waals surface area contributed by atoms with E-state index in [-0.39, 0.29) is 0 Å². The van der Waals surface area contributed by atoms with E-state index in [0.717, 1.165) is 32.1 Å². The van der Waals surface area contributed by atoms with Crippen LogP contribution in [0.3, 0.4) is 0 Å². The Bertz CT molecular complexity index is 208. The van der Waals surface area contributed by atoms with Crippen LogP contribution in [-0.4, -0.2) is 49.6 Å². The van der Waals surface area contributed by atoms with Crippen molar-refractivity contribution < 1.29 is 0 Å². The third-order valence-corrected chi connectivity index (χ3v) is 2.94. The molecule has 2 N–H and O–H groups in total. The lowest BCUT2D eigenvalue weighted by atomic mass is 10.2. The van der Waals surface area contributed by atoms with Crippen molar-refractivity contribution in [2.45, 2.75) is 25.8 Å². The predicted molar refractivity (Wildman–Crippen MR) is 58.6 cm³/mol. The van der Waals surface area contributed by atoms with E-state index in [2.05, 4.69) is 27.4 Å². The van der Waals surface area contributed by atoms with Gasteiger partial charge in [0, 0.05) is 25.7 Å². The SMILES string of the molecule is CCN(CC1CCCN1)C1=NCCN1. The maximum absolute atomic E-state index is 4.45. The zero-order chi connectivity index (χ0) is 9.80. The first kappa shape index (κ1) is 9.77. The highest BCUT2D eigenvalue weighted by Crippen LogP contribution is 2.07. The van der Waals surface area contributed by atoms with Gasteiger partial charge in [-0.1, -0.05) is 0 Å². The molecule has 0 aromatic carbocycles. The van der Waals surface area contributed by atoms with E-state index in [9.17, 15) is 0 Å². The van der Waals surface area contributed by atoms with Crippen LogP contribution in [0.1, 0.15) is 19.8 Å². The van der Waals surface area contributed by atoms with Crippen LogP contribution in [-0.2, 0) is 0 Å². The molecule has 1 atom stereocenters. The van der Waals surface area contributed by atoms with Gasteiger partial charge in [-0.15, -0.1) is 0 Å². The molecule has 2 aliphatic rings. The topological polar surface area (TPSA) is 39.7 Å². The number of guanidine groups is 1. The Morgan fingerprint density at radius 3 is 3.00 bits per heavy atom. The average molecular weight is 196 g/mol. The lowest BCUT2D eigenvalue weighted by Crippen LogP contribution is -2.45. The van der Waals surface area contributed by atoms with E-state index in [0.29, 0.717) is 6.04 Å². The van der Waals surface area contributed by atoms with Crippen LogP contribution in [0.15, 0.2) is 4.99 Å². The summed E-state index contributed by atoms with van der Waals surface area (Å²) in [4.78, 5) is 6.80. The second kappa shape index (κ2) is 4.64. The van der Waals surface area contributed by atoms with Crippen LogP contribution in [0.4, 0.5) is 0 Å². The summed E-state index contributed by atoms with van der Waals surface area (Å²) in [7, 11) is 0. The highest BCUT2D eigenvalue weighted by Gasteiger charge is 2.20. The second-order valence-electron chi connectivity index (χ2n) is 3.96. The number of hydrogen-bond acceptors (Lipinski definition) is 4. The van der Waals surface area contributed by atoms with E-state index in [4.69, 9.17) is 0 Å². The molecular formula is C10H20N4. The van der Waals surface area contributed by atoms with E-state index >= 15 is 0 Å². The minimum atomic E-state index is 0.667. The smallest absolute Gasteiger partial charge is 0.194 e. The van der Waals surface area contributed by atoms with Gasteiger partial charge in [0.2, 0.25) is 0 Å². The molecule has 0 aromatic rings. The Morgan fingerprint density at radius 2 is 2.43 bits per heavy atom. The molecule has 0 aromatic heterocycles. The first-order chi connectivity index (χ1) is 6.90. The molecule has 2 heterocycles. The molecule has 0 saturated carbocycles. The summed E-state index contributed by atoms with van der Waals surface area (Å²) in [6.07, 6.45) is 2.63. The largest absolute Gasteiger partial charge is 0.354 e. The van der Waals surface area contributed by atoms with Crippen molar-refractivity contribution >= 4 is 5.96 Å². The van der Waals surface area contributed by atoms with E-state index in [1.54, 1.807) is 0 Å². The third kappa shape index (κ3) is 2.18. The highest BCUT2D eigenvalue weighted by molar-refractivity contribution is 5.81. The molecule has 1 fully saturated rings. The molecular weight excluding hydrogens is 176 g/mol. The monoisotopic (exact) mass is 196 g/mol. The molecule has 2 rings (SSSR count). The van der Waals surface area contributed by atoms with Crippen LogP contribution >= 0.6 is 0 Å². The number of rotatable bonds is 3. The molecule has 0 aliphatic carbocycles. The van der Waals surface area contributed by atoms with E-state index < -0.39 is 0 Å². The van der Waals surface area contributed by atoms with E-state index in [1.165, 1.54) is 19.4 Å². The van der Waals surface area contributed by atoms with Crippen LogP contribution in [0.2, 0.25) is 0 Å². The Kier molecular flexibility index (Phi) is 3.24. The standard InChI is InChI=1S/C10H20N4/c1-2-14(10-12-6-7-13-10)8-9-4-3-5-11-9/h9,11H,2-8H2,1H3,(H,12,13). The Hall–Kier alpha value is -0.770. The third-order valence-electron chi connectivity index (χ3n) is 2.94. The molecule has 4 heteroatoms. The summed E-state index contributed by atoms with van der Waals surface area (Å²) in [6, 6.07) is 0.667. The fraction of sp³-hybridized carbons (Fsp3) is 0.900. The van der Waals surface area contributed by atoms with Crippen LogP contribution < -0.4 is 10.6 Å². The maximum atomic E-state index is 4.45. The van der Waals surface area contributed by atoms with Gasteiger partial charge in [0.15, 0.2) is 5.96 Å². The van der Waals surface area contributed by atoms with Gasteiger partial charge in [0.1, 0.15) is 0 Å². The van der Waals surface area contributed by atoms with Gasteiger partial charge in [-0.2, -0.15) is 0 Å². The Morgan fingerprint density at radius 1 is 1.50 bits per heavy atom. The van der Waals surface area contributed by atoms with Gasteiger partial charge in [-0.3, -0.25) is 4.99 Å². The lowest BCUT2D eigenvalue weighted by molar-refractivity contribution is 0.376. The molecule has 14 heavy (non-hydrogen) atoms. The molecule has 0 spiro atoms. The molecule has 1 saturated heterocycles. The van der Waals surface area contributed by atoms with Gasteiger partial charge in [0.05, 0.1) is 6.54 Å². The number of nitrogens with zero attached hydrogens (tertiary/aromatic N) is 2. The van der Waals surface area contributed by atoms with Gasteiger partial charge in [-0.05, 0) is 26.3 Å². The zero-order valence-electron chi connectivity index (χ0n) is 8.92. The maximum Gasteiger partial charge on any atom is 0.194 e. The molecule has 1 unspecified atom stereocenters.